The molecule has 0 heterocycles. The molecule has 0 spiro atoms. The summed E-state index contributed by atoms with van der Waals surface area (Å²) >= 11 is 0. The van der Waals surface area contributed by atoms with Crippen molar-refractivity contribution in [3.8, 4) is 0 Å². The first-order valence-electron chi connectivity index (χ1n) is 5.55. The summed E-state index contributed by atoms with van der Waals surface area (Å²) < 4.78 is 15.2. The highest BCUT2D eigenvalue weighted by molar-refractivity contribution is 7.75. The van der Waals surface area contributed by atoms with E-state index in [-0.39, 0.29) is 0 Å². The Morgan fingerprint density at radius 3 is 1.54 bits per heavy atom. The van der Waals surface area contributed by atoms with Crippen molar-refractivity contribution in [2.24, 2.45) is 0 Å². The van der Waals surface area contributed by atoms with Gasteiger partial charge in [-0.15, -0.1) is 0 Å². The van der Waals surface area contributed by atoms with E-state index in [1.165, 1.54) is 0 Å². The Hall–Kier alpha value is -1.66. The second kappa shape index (κ2) is 7.49. The number of carbonyl (C=O) groups is 4. The van der Waals surface area contributed by atoms with E-state index < -0.39 is 63.3 Å². The van der Waals surface area contributed by atoms with E-state index in [1.807, 2.05) is 0 Å². The van der Waals surface area contributed by atoms with Crippen LogP contribution in [0.25, 0.3) is 0 Å². The van der Waals surface area contributed by atoms with Crippen molar-refractivity contribution in [1.82, 2.24) is 0 Å². The number of carboxylic acids is 3. The molecule has 0 amide bonds. The molecule has 0 rings (SSSR count). The predicted molar refractivity (Wildman–Crippen MR) is 70.4 cm³/mol. The number of hydrogen-bond acceptors (Lipinski definition) is 9. The van der Waals surface area contributed by atoms with Gasteiger partial charge in [-0.05, 0) is 0 Å². The lowest BCUT2D eigenvalue weighted by molar-refractivity contribution is -0.185. The number of carbonyl (C=O) groups excluding carboxylic acids is 1. The smallest absolute Gasteiger partial charge is 0.431 e. The zero-order chi connectivity index (χ0) is 19.5. The highest BCUT2D eigenvalue weighted by Gasteiger charge is 2.63. The lowest BCUT2D eigenvalue weighted by Crippen LogP contribution is -2.48. The van der Waals surface area contributed by atoms with Crippen LogP contribution in [0, 0.1) is 0 Å². The Labute approximate surface area is 132 Å². The number of carboxylic acid groups (broad SMARTS) is 3. The van der Waals surface area contributed by atoms with Gasteiger partial charge in [0.25, 0.3) is 0 Å². The third kappa shape index (κ3) is 6.09. The topological polar surface area (TPSA) is 256 Å². The zero-order valence-electron chi connectivity index (χ0n) is 11.4. The molecule has 0 aliphatic heterocycles. The van der Waals surface area contributed by atoms with Crippen LogP contribution in [-0.4, -0.2) is 74.7 Å². The molecule has 1 atom stereocenters. The Morgan fingerprint density at radius 1 is 0.958 bits per heavy atom. The van der Waals surface area contributed by atoms with Crippen molar-refractivity contribution in [3.63, 3.8) is 0 Å². The van der Waals surface area contributed by atoms with Crippen LogP contribution in [0.5, 0.6) is 0 Å². The number of esters is 1. The van der Waals surface area contributed by atoms with Crippen LogP contribution in [0.3, 0.4) is 0 Å². The minimum absolute atomic E-state index is 1.62. The molecule has 0 bridgehead atoms. The van der Waals surface area contributed by atoms with Crippen molar-refractivity contribution in [3.05, 3.63) is 0 Å². The molecule has 8 N–H and O–H groups in total. The molecule has 1 unspecified atom stereocenters. The lowest BCUT2D eigenvalue weighted by atomic mass is 9.95. The van der Waals surface area contributed by atoms with Gasteiger partial charge in [-0.1, -0.05) is 0 Å². The van der Waals surface area contributed by atoms with Crippen LogP contribution in [-0.2, 0) is 28.5 Å². The molecule has 0 saturated heterocycles. The predicted octanol–water partition coefficient (Wildman–Crippen LogP) is -2.45. The largest absolute Gasteiger partial charge is 0.481 e. The second-order valence-electron chi connectivity index (χ2n) is 4.44. The third-order valence-electron chi connectivity index (χ3n) is 2.42. The van der Waals surface area contributed by atoms with Crippen LogP contribution in [0.2, 0.25) is 0 Å². The second-order valence-corrected chi connectivity index (χ2v) is 8.29. The van der Waals surface area contributed by atoms with Crippen LogP contribution < -0.4 is 0 Å². The maximum absolute atomic E-state index is 11.7. The first-order valence-corrected chi connectivity index (χ1v) is 8.95. The monoisotopic (exact) mass is 395 g/mol. The Balaban J connectivity index is 5.97. The fourth-order valence-electron chi connectivity index (χ4n) is 1.54. The number of hydrogen-bond donors (Lipinski definition) is 8. The van der Waals surface area contributed by atoms with E-state index in [0.29, 0.717) is 0 Å². The fourth-order valence-corrected chi connectivity index (χ4v) is 3.82. The van der Waals surface area contributed by atoms with Crippen LogP contribution in [0.1, 0.15) is 12.8 Å². The minimum Gasteiger partial charge on any atom is -0.481 e. The Kier molecular flexibility index (Phi) is 6.97. The van der Waals surface area contributed by atoms with E-state index in [9.17, 15) is 23.7 Å². The van der Waals surface area contributed by atoms with Crippen LogP contribution in [0.4, 0.5) is 0 Å². The van der Waals surface area contributed by atoms with Crippen LogP contribution in [0.15, 0.2) is 0 Å². The van der Waals surface area contributed by atoms with Gasteiger partial charge in [0, 0.05) is 0 Å². The molecule has 0 aromatic heterocycles. The summed E-state index contributed by atoms with van der Waals surface area (Å²) in [5.74, 6) is -8.58. The molecular formula is C8H13O14P2+. The molecule has 24 heavy (non-hydrogen) atoms. The molecule has 0 aromatic rings. The molecule has 14 nitrogen and oxygen atoms in total. The normalized spacial score (nSPS) is 13.9. The van der Waals surface area contributed by atoms with E-state index in [4.69, 9.17) is 39.8 Å². The Bertz CT molecular complexity index is 568. The molecule has 0 radical (unpaired) electrons. The van der Waals surface area contributed by atoms with E-state index in [1.54, 1.807) is 0 Å². The summed E-state index contributed by atoms with van der Waals surface area (Å²) in [6.45, 7) is 0. The summed E-state index contributed by atoms with van der Waals surface area (Å²) in [6.07, 6.45) is -3.25. The van der Waals surface area contributed by atoms with E-state index >= 15 is 0 Å². The summed E-state index contributed by atoms with van der Waals surface area (Å²) in [5.41, 5.74) is -3.31. The number of ether oxygens (including phenoxy) is 1. The van der Waals surface area contributed by atoms with E-state index in [2.05, 4.69) is 4.74 Å². The van der Waals surface area contributed by atoms with Crippen molar-refractivity contribution in [2.75, 3.05) is 0 Å². The SMILES string of the molecule is O=C(O)CC(CC(=O)O)(OC(=O)C(P(=O)(O)O)[P+](O)(O)O)C(=O)O. The summed E-state index contributed by atoms with van der Waals surface area (Å²) in [4.78, 5) is 88.8. The Morgan fingerprint density at radius 2 is 1.33 bits per heavy atom. The van der Waals surface area contributed by atoms with Crippen LogP contribution >= 0.6 is 15.5 Å². The summed E-state index contributed by atoms with van der Waals surface area (Å²) in [5, 5.41) is 22.9. The van der Waals surface area contributed by atoms with Gasteiger partial charge in [0.1, 0.15) is 0 Å². The quantitative estimate of drug-likeness (QED) is 0.149. The fraction of sp³-hybridized carbons (Fsp3) is 0.500. The average molecular weight is 395 g/mol. The van der Waals surface area contributed by atoms with Gasteiger partial charge < -0.3 is 29.8 Å². The summed E-state index contributed by atoms with van der Waals surface area (Å²) in [6, 6.07) is 0. The van der Waals surface area contributed by atoms with Gasteiger partial charge in [0.05, 0.1) is 12.8 Å². The molecule has 0 aliphatic carbocycles. The highest BCUT2D eigenvalue weighted by atomic mass is 31.3. The first-order chi connectivity index (χ1) is 10.5. The molecule has 0 aromatic carbocycles. The standard InChI is InChI=1S/C8H12O14P2/c9-3(10)1-8(7(14)15,2-4(11)12)22-5(13)6(23(16,17)18)24(19,20)21/h6,16-18H,1-2H2,(H4-,9,10,11,12,14,15,19,20,21)/p+1. The zero-order valence-corrected chi connectivity index (χ0v) is 13.2. The van der Waals surface area contributed by atoms with Gasteiger partial charge >= 0.3 is 44.8 Å². The van der Waals surface area contributed by atoms with Gasteiger partial charge in [-0.3, -0.25) is 14.2 Å². The van der Waals surface area contributed by atoms with E-state index in [0.717, 1.165) is 0 Å². The molecule has 0 fully saturated rings. The maximum Gasteiger partial charge on any atom is 0.431 e. The van der Waals surface area contributed by atoms with Gasteiger partial charge in [-0.2, -0.15) is 14.7 Å². The van der Waals surface area contributed by atoms with Gasteiger partial charge in [-0.25, -0.2) is 9.59 Å². The third-order valence-corrected chi connectivity index (χ3v) is 5.96. The molecular weight excluding hydrogens is 382 g/mol. The molecule has 0 aliphatic rings. The minimum atomic E-state index is -5.80. The molecule has 16 heteroatoms. The maximum atomic E-state index is 11.7. The first kappa shape index (κ1) is 22.3. The lowest BCUT2D eigenvalue weighted by Gasteiger charge is -2.28. The molecule has 138 valence electrons. The van der Waals surface area contributed by atoms with Crippen molar-refractivity contribution < 1.29 is 68.3 Å². The van der Waals surface area contributed by atoms with Gasteiger partial charge in [0.15, 0.2) is 0 Å². The van der Waals surface area contributed by atoms with Gasteiger partial charge in [0.2, 0.25) is 5.60 Å². The average Bonchev–Trinajstić information content (AvgIpc) is 2.20. The summed E-state index contributed by atoms with van der Waals surface area (Å²) in [7, 11) is -11.4. The number of rotatable bonds is 9. The van der Waals surface area contributed by atoms with Crippen molar-refractivity contribution >= 4 is 39.4 Å². The van der Waals surface area contributed by atoms with Crippen molar-refractivity contribution in [2.45, 2.75) is 23.8 Å². The molecule has 0 saturated carbocycles. The number of aliphatic carboxylic acids is 3. The van der Waals surface area contributed by atoms with Crippen molar-refractivity contribution in [1.29, 1.82) is 0 Å². The highest BCUT2D eigenvalue weighted by Crippen LogP contribution is 2.65.